The lowest BCUT2D eigenvalue weighted by Crippen LogP contribution is -2.50. The Kier molecular flexibility index (Phi) is 5.76. The summed E-state index contributed by atoms with van der Waals surface area (Å²) in [6.07, 6.45) is 0. The van der Waals surface area contributed by atoms with Crippen LogP contribution < -0.4 is 0 Å². The lowest BCUT2D eigenvalue weighted by Gasteiger charge is -2.38. The van der Waals surface area contributed by atoms with Crippen molar-refractivity contribution in [2.75, 3.05) is 53.0 Å². The minimum absolute atomic E-state index is 0.689. The molecule has 1 fully saturated rings. The molecular formula is C17H28N2O2. The van der Waals surface area contributed by atoms with Gasteiger partial charge in [-0.1, -0.05) is 29.8 Å². The number of piperazine rings is 1. The zero-order chi connectivity index (χ0) is 15.3. The Morgan fingerprint density at radius 2 is 1.67 bits per heavy atom. The van der Waals surface area contributed by atoms with Gasteiger partial charge in [0.25, 0.3) is 0 Å². The van der Waals surface area contributed by atoms with Crippen molar-refractivity contribution in [2.45, 2.75) is 19.4 Å². The number of aryl methyl sites for hydroxylation is 1. The van der Waals surface area contributed by atoms with Gasteiger partial charge in [0.15, 0.2) is 0 Å². The van der Waals surface area contributed by atoms with Crippen LogP contribution in [-0.4, -0.2) is 67.9 Å². The molecule has 0 radical (unpaired) electrons. The minimum Gasteiger partial charge on any atom is -0.384 e. The molecule has 2 rings (SSSR count). The molecule has 0 aliphatic carbocycles. The molecule has 1 aliphatic heterocycles. The summed E-state index contributed by atoms with van der Waals surface area (Å²) in [6.45, 7) is 10.6. The van der Waals surface area contributed by atoms with Crippen molar-refractivity contribution < 1.29 is 9.84 Å². The highest BCUT2D eigenvalue weighted by Crippen LogP contribution is 2.22. The molecule has 4 heteroatoms. The number of ether oxygens (including phenoxy) is 1. The van der Waals surface area contributed by atoms with Crippen LogP contribution >= 0.6 is 0 Å². The van der Waals surface area contributed by atoms with Crippen LogP contribution in [0.15, 0.2) is 24.3 Å². The summed E-state index contributed by atoms with van der Waals surface area (Å²) in [6, 6.07) is 8.19. The van der Waals surface area contributed by atoms with Gasteiger partial charge in [0, 0.05) is 46.4 Å². The normalized spacial score (nSPS) is 20.4. The molecule has 0 spiro atoms. The number of rotatable bonds is 6. The second-order valence-electron chi connectivity index (χ2n) is 6.25. The molecule has 0 bridgehead atoms. The van der Waals surface area contributed by atoms with Crippen molar-refractivity contribution in [1.29, 1.82) is 0 Å². The Bertz CT molecular complexity index is 423. The molecule has 0 saturated carbocycles. The fraction of sp³-hybridized carbons (Fsp3) is 0.647. The van der Waals surface area contributed by atoms with Gasteiger partial charge in [0.05, 0.1) is 12.2 Å². The summed E-state index contributed by atoms with van der Waals surface area (Å²) >= 11 is 0. The number of benzene rings is 1. The predicted molar refractivity (Wildman–Crippen MR) is 85.5 cm³/mol. The second kappa shape index (κ2) is 7.36. The molecule has 1 saturated heterocycles. The molecule has 1 N–H and O–H groups in total. The molecule has 4 nitrogen and oxygen atoms in total. The molecule has 118 valence electrons. The highest BCUT2D eigenvalue weighted by molar-refractivity contribution is 5.26. The summed E-state index contributed by atoms with van der Waals surface area (Å²) < 4.78 is 5.12. The van der Waals surface area contributed by atoms with Crippen molar-refractivity contribution in [3.8, 4) is 0 Å². The number of methoxy groups -OCH3 is 1. The monoisotopic (exact) mass is 292 g/mol. The third kappa shape index (κ3) is 4.78. The topological polar surface area (TPSA) is 35.9 Å². The zero-order valence-corrected chi connectivity index (χ0v) is 13.5. The standard InChI is InChI=1S/C17H28N2O2/c1-15-4-6-16(7-5-15)17(2,20)14-19-10-8-18(9-11-19)12-13-21-3/h4-7,20H,8-14H2,1-3H3/t17-/m0/s1. The Hall–Kier alpha value is -0.940. The first kappa shape index (κ1) is 16.4. The largest absolute Gasteiger partial charge is 0.384 e. The maximum absolute atomic E-state index is 10.8. The molecular weight excluding hydrogens is 264 g/mol. The van der Waals surface area contributed by atoms with Crippen LogP contribution in [0.5, 0.6) is 0 Å². The summed E-state index contributed by atoms with van der Waals surface area (Å²) in [5.74, 6) is 0. The van der Waals surface area contributed by atoms with Crippen molar-refractivity contribution >= 4 is 0 Å². The molecule has 1 atom stereocenters. The average molecular weight is 292 g/mol. The van der Waals surface area contributed by atoms with Crippen LogP contribution in [0.25, 0.3) is 0 Å². The van der Waals surface area contributed by atoms with Crippen molar-refractivity contribution in [3.05, 3.63) is 35.4 Å². The smallest absolute Gasteiger partial charge is 0.0994 e. The molecule has 1 aliphatic rings. The highest BCUT2D eigenvalue weighted by Gasteiger charge is 2.28. The summed E-state index contributed by atoms with van der Waals surface area (Å²) in [5, 5.41) is 10.8. The van der Waals surface area contributed by atoms with Crippen LogP contribution in [-0.2, 0) is 10.3 Å². The molecule has 1 aromatic carbocycles. The van der Waals surface area contributed by atoms with Crippen LogP contribution in [0, 0.1) is 6.92 Å². The van der Waals surface area contributed by atoms with E-state index in [1.165, 1.54) is 5.56 Å². The summed E-state index contributed by atoms with van der Waals surface area (Å²) in [4.78, 5) is 4.77. The number of nitrogens with zero attached hydrogens (tertiary/aromatic N) is 2. The van der Waals surface area contributed by atoms with E-state index in [0.29, 0.717) is 6.54 Å². The van der Waals surface area contributed by atoms with Crippen LogP contribution in [0.1, 0.15) is 18.1 Å². The lowest BCUT2D eigenvalue weighted by atomic mass is 9.94. The third-order valence-electron chi connectivity index (χ3n) is 4.28. The number of aliphatic hydroxyl groups is 1. The van der Waals surface area contributed by atoms with E-state index in [4.69, 9.17) is 4.74 Å². The second-order valence-corrected chi connectivity index (χ2v) is 6.25. The molecule has 1 aromatic rings. The Morgan fingerprint density at radius 3 is 2.24 bits per heavy atom. The molecule has 0 aromatic heterocycles. The molecule has 1 heterocycles. The first-order valence-corrected chi connectivity index (χ1v) is 7.74. The van der Waals surface area contributed by atoms with Crippen LogP contribution in [0.4, 0.5) is 0 Å². The highest BCUT2D eigenvalue weighted by atomic mass is 16.5. The van der Waals surface area contributed by atoms with E-state index >= 15 is 0 Å². The lowest BCUT2D eigenvalue weighted by molar-refractivity contribution is -0.00180. The maximum atomic E-state index is 10.8. The van der Waals surface area contributed by atoms with E-state index in [0.717, 1.165) is 44.9 Å². The number of hydrogen-bond donors (Lipinski definition) is 1. The van der Waals surface area contributed by atoms with E-state index < -0.39 is 5.60 Å². The first-order valence-electron chi connectivity index (χ1n) is 7.74. The predicted octanol–water partition coefficient (Wildman–Crippen LogP) is 1.47. The van der Waals surface area contributed by atoms with Crippen molar-refractivity contribution in [1.82, 2.24) is 9.80 Å². The number of hydrogen-bond acceptors (Lipinski definition) is 4. The van der Waals surface area contributed by atoms with Gasteiger partial charge >= 0.3 is 0 Å². The van der Waals surface area contributed by atoms with E-state index in [9.17, 15) is 5.11 Å². The van der Waals surface area contributed by atoms with E-state index in [1.54, 1.807) is 7.11 Å². The Balaban J connectivity index is 1.85. The van der Waals surface area contributed by atoms with Gasteiger partial charge in [-0.05, 0) is 19.4 Å². The third-order valence-corrected chi connectivity index (χ3v) is 4.28. The van der Waals surface area contributed by atoms with Gasteiger partial charge in [0.2, 0.25) is 0 Å². The van der Waals surface area contributed by atoms with Gasteiger partial charge in [-0.2, -0.15) is 0 Å². The molecule has 0 unspecified atom stereocenters. The van der Waals surface area contributed by atoms with Crippen LogP contribution in [0.2, 0.25) is 0 Å². The van der Waals surface area contributed by atoms with Crippen LogP contribution in [0.3, 0.4) is 0 Å². The van der Waals surface area contributed by atoms with Gasteiger partial charge in [-0.25, -0.2) is 0 Å². The first-order chi connectivity index (χ1) is 10.0. The zero-order valence-electron chi connectivity index (χ0n) is 13.5. The van der Waals surface area contributed by atoms with E-state index in [-0.39, 0.29) is 0 Å². The minimum atomic E-state index is -0.789. The van der Waals surface area contributed by atoms with Gasteiger partial charge in [-0.3, -0.25) is 9.80 Å². The Morgan fingerprint density at radius 1 is 1.10 bits per heavy atom. The van der Waals surface area contributed by atoms with Gasteiger partial charge < -0.3 is 9.84 Å². The number of β-amino-alcohol motifs (C(OH)–C–C–N with tert-alkyl or cyclic N) is 1. The fourth-order valence-electron chi connectivity index (χ4n) is 2.83. The molecule has 0 amide bonds. The van der Waals surface area contributed by atoms with Crippen molar-refractivity contribution in [3.63, 3.8) is 0 Å². The quantitative estimate of drug-likeness (QED) is 0.861. The average Bonchev–Trinajstić information content (AvgIpc) is 2.47. The summed E-state index contributed by atoms with van der Waals surface area (Å²) in [7, 11) is 1.75. The SMILES string of the molecule is COCCN1CCN(C[C@](C)(O)c2ccc(C)cc2)CC1. The maximum Gasteiger partial charge on any atom is 0.0994 e. The fourth-order valence-corrected chi connectivity index (χ4v) is 2.83. The molecule has 21 heavy (non-hydrogen) atoms. The Labute approximate surface area is 128 Å². The van der Waals surface area contributed by atoms with E-state index in [1.807, 2.05) is 19.1 Å². The van der Waals surface area contributed by atoms with Crippen molar-refractivity contribution in [2.24, 2.45) is 0 Å². The van der Waals surface area contributed by atoms with Gasteiger partial charge in [-0.15, -0.1) is 0 Å². The summed E-state index contributed by atoms with van der Waals surface area (Å²) in [5.41, 5.74) is 1.43. The van der Waals surface area contributed by atoms with Gasteiger partial charge in [0.1, 0.15) is 0 Å². The van der Waals surface area contributed by atoms with E-state index in [2.05, 4.69) is 28.9 Å².